The lowest BCUT2D eigenvalue weighted by Gasteiger charge is -2.18. The van der Waals surface area contributed by atoms with Gasteiger partial charge in [0.25, 0.3) is 0 Å². The van der Waals surface area contributed by atoms with Gasteiger partial charge in [-0.3, -0.25) is 0 Å². The maximum absolute atomic E-state index is 5.95. The lowest BCUT2D eigenvalue weighted by molar-refractivity contribution is 0.223. The predicted octanol–water partition coefficient (Wildman–Crippen LogP) is 3.30. The van der Waals surface area contributed by atoms with Crippen molar-refractivity contribution in [3.8, 4) is 11.5 Å². The molecule has 1 heterocycles. The molecular weight excluding hydrogens is 481 g/mol. The van der Waals surface area contributed by atoms with Crippen molar-refractivity contribution in [1.82, 2.24) is 15.6 Å². The summed E-state index contributed by atoms with van der Waals surface area (Å²) in [5.41, 5.74) is 1.11. The molecule has 0 amide bonds. The largest absolute Gasteiger partial charge is 0.497 e. The molecule has 0 saturated carbocycles. The monoisotopic (exact) mass is 513 g/mol. The second-order valence-electron chi connectivity index (χ2n) is 6.60. The molecule has 1 atom stereocenters. The van der Waals surface area contributed by atoms with E-state index in [-0.39, 0.29) is 30.1 Å². The molecule has 160 valence electrons. The topological polar surface area (TPSA) is 71.0 Å². The van der Waals surface area contributed by atoms with Gasteiger partial charge < -0.3 is 25.0 Å². The van der Waals surface area contributed by atoms with Crippen LogP contribution in [-0.2, 0) is 6.54 Å². The Kier molecular flexibility index (Phi) is 11.2. The normalized spacial score (nSPS) is 11.8. The number of pyridine rings is 1. The third kappa shape index (κ3) is 8.76. The van der Waals surface area contributed by atoms with Gasteiger partial charge in [0.2, 0.25) is 0 Å². The van der Waals surface area contributed by atoms with Gasteiger partial charge in [0.1, 0.15) is 23.4 Å². The maximum Gasteiger partial charge on any atom is 0.191 e. The molecule has 0 bridgehead atoms. The number of ether oxygens (including phenoxy) is 2. The molecule has 8 heteroatoms. The van der Waals surface area contributed by atoms with Crippen LogP contribution in [0, 0.1) is 0 Å². The zero-order valence-electron chi connectivity index (χ0n) is 17.8. The van der Waals surface area contributed by atoms with Crippen molar-refractivity contribution in [2.24, 2.45) is 4.99 Å². The van der Waals surface area contributed by atoms with E-state index in [0.29, 0.717) is 13.1 Å². The molecule has 0 saturated heterocycles. The smallest absolute Gasteiger partial charge is 0.191 e. The molecule has 7 nitrogen and oxygen atoms in total. The van der Waals surface area contributed by atoms with Crippen LogP contribution in [0.3, 0.4) is 0 Å². The van der Waals surface area contributed by atoms with Gasteiger partial charge in [-0.1, -0.05) is 6.07 Å². The summed E-state index contributed by atoms with van der Waals surface area (Å²) in [5.74, 6) is 3.24. The summed E-state index contributed by atoms with van der Waals surface area (Å²) in [6.45, 7) is 6.05. The Morgan fingerprint density at radius 1 is 1.17 bits per heavy atom. The van der Waals surface area contributed by atoms with Crippen LogP contribution in [0.4, 0.5) is 5.82 Å². The second kappa shape index (κ2) is 13.1. The van der Waals surface area contributed by atoms with Crippen LogP contribution in [0.5, 0.6) is 11.5 Å². The number of anilines is 1. The van der Waals surface area contributed by atoms with Gasteiger partial charge in [-0.15, -0.1) is 24.0 Å². The van der Waals surface area contributed by atoms with Crippen molar-refractivity contribution in [3.05, 3.63) is 48.2 Å². The summed E-state index contributed by atoms with van der Waals surface area (Å²) in [6, 6.07) is 11.6. The summed E-state index contributed by atoms with van der Waals surface area (Å²) in [5, 5.41) is 6.60. The van der Waals surface area contributed by atoms with Crippen molar-refractivity contribution >= 4 is 35.8 Å². The minimum atomic E-state index is -0.0303. The average Bonchev–Trinajstić information content (AvgIpc) is 2.70. The van der Waals surface area contributed by atoms with Gasteiger partial charge in [0.15, 0.2) is 5.96 Å². The number of benzene rings is 1. The molecule has 0 aliphatic rings. The Bertz CT molecular complexity index is 770. The van der Waals surface area contributed by atoms with E-state index in [9.17, 15) is 0 Å². The number of hydrogen-bond donors (Lipinski definition) is 2. The first kappa shape index (κ1) is 24.8. The van der Waals surface area contributed by atoms with Crippen molar-refractivity contribution in [2.75, 3.05) is 39.2 Å². The Hall–Kier alpha value is -2.23. The highest BCUT2D eigenvalue weighted by molar-refractivity contribution is 14.0. The molecule has 29 heavy (non-hydrogen) atoms. The number of halogens is 1. The van der Waals surface area contributed by atoms with Crippen molar-refractivity contribution in [1.29, 1.82) is 0 Å². The molecule has 1 unspecified atom stereocenters. The fourth-order valence-electron chi connectivity index (χ4n) is 2.50. The zero-order valence-corrected chi connectivity index (χ0v) is 20.1. The van der Waals surface area contributed by atoms with Crippen molar-refractivity contribution in [3.63, 3.8) is 0 Å². The highest BCUT2D eigenvalue weighted by Crippen LogP contribution is 2.19. The van der Waals surface area contributed by atoms with Gasteiger partial charge in [0.05, 0.1) is 20.2 Å². The zero-order chi connectivity index (χ0) is 20.4. The Labute approximate surface area is 190 Å². The fourth-order valence-corrected chi connectivity index (χ4v) is 2.50. The van der Waals surface area contributed by atoms with Crippen molar-refractivity contribution < 1.29 is 9.47 Å². The molecule has 0 fully saturated rings. The molecule has 0 spiro atoms. The lowest BCUT2D eigenvalue weighted by Crippen LogP contribution is -2.41. The third-order valence-corrected chi connectivity index (χ3v) is 3.97. The molecule has 2 N–H and O–H groups in total. The van der Waals surface area contributed by atoms with Crippen LogP contribution >= 0.6 is 24.0 Å². The number of guanidine groups is 1. The number of aliphatic imine (C=N–C) groups is 1. The quantitative estimate of drug-likeness (QED) is 0.305. The van der Waals surface area contributed by atoms with E-state index in [1.807, 2.05) is 75.4 Å². The summed E-state index contributed by atoms with van der Waals surface area (Å²) >= 11 is 0. The number of nitrogens with zero attached hydrogens (tertiary/aromatic N) is 3. The van der Waals surface area contributed by atoms with E-state index in [2.05, 4.69) is 20.6 Å². The standard InChI is InChI=1S/C21H31N5O2.HI/c1-6-22-21(25-15-17-10-11-23-20(12-17)26(3)4)24-14-16(2)28-19-9-7-8-18(13-19)27-5;/h7-13,16H,6,14-15H2,1-5H3,(H2,22,24,25);1H. The van der Waals surface area contributed by atoms with E-state index in [0.717, 1.165) is 35.4 Å². The van der Waals surface area contributed by atoms with Crippen LogP contribution in [0.25, 0.3) is 0 Å². The predicted molar refractivity (Wildman–Crippen MR) is 130 cm³/mol. The number of methoxy groups -OCH3 is 1. The fraction of sp³-hybridized carbons (Fsp3) is 0.429. The van der Waals surface area contributed by atoms with E-state index in [1.54, 1.807) is 7.11 Å². The average molecular weight is 513 g/mol. The van der Waals surface area contributed by atoms with E-state index in [1.165, 1.54) is 0 Å². The van der Waals surface area contributed by atoms with E-state index >= 15 is 0 Å². The Morgan fingerprint density at radius 2 is 1.93 bits per heavy atom. The summed E-state index contributed by atoms with van der Waals surface area (Å²) < 4.78 is 11.2. The molecular formula is C21H32IN5O2. The first-order chi connectivity index (χ1) is 13.5. The first-order valence-corrected chi connectivity index (χ1v) is 9.47. The SMILES string of the molecule is CCNC(=NCc1ccnc(N(C)C)c1)NCC(C)Oc1cccc(OC)c1.I. The number of rotatable bonds is 9. The number of nitrogens with one attached hydrogen (secondary N) is 2. The molecule has 2 aromatic rings. The number of aromatic nitrogens is 1. The Morgan fingerprint density at radius 3 is 2.62 bits per heavy atom. The van der Waals surface area contributed by atoms with Crippen LogP contribution in [-0.4, -0.2) is 51.3 Å². The van der Waals surface area contributed by atoms with Crippen LogP contribution in [0.1, 0.15) is 19.4 Å². The van der Waals surface area contributed by atoms with Gasteiger partial charge in [-0.25, -0.2) is 9.98 Å². The van der Waals surface area contributed by atoms with E-state index in [4.69, 9.17) is 9.47 Å². The van der Waals surface area contributed by atoms with Gasteiger partial charge in [-0.2, -0.15) is 0 Å². The second-order valence-corrected chi connectivity index (χ2v) is 6.60. The summed E-state index contributed by atoms with van der Waals surface area (Å²) in [7, 11) is 5.60. The molecule has 0 radical (unpaired) electrons. The van der Waals surface area contributed by atoms with Gasteiger partial charge in [0, 0.05) is 32.9 Å². The van der Waals surface area contributed by atoms with Crippen LogP contribution in [0.15, 0.2) is 47.6 Å². The Balaban J connectivity index is 0.00000420. The van der Waals surface area contributed by atoms with Crippen LogP contribution < -0.4 is 25.0 Å². The molecule has 0 aliphatic carbocycles. The minimum Gasteiger partial charge on any atom is -0.497 e. The first-order valence-electron chi connectivity index (χ1n) is 9.47. The molecule has 0 aliphatic heterocycles. The molecule has 1 aromatic heterocycles. The maximum atomic E-state index is 5.95. The highest BCUT2D eigenvalue weighted by atomic mass is 127. The minimum absolute atomic E-state index is 0. The molecule has 2 rings (SSSR count). The van der Waals surface area contributed by atoms with Gasteiger partial charge >= 0.3 is 0 Å². The van der Waals surface area contributed by atoms with Gasteiger partial charge in [-0.05, 0) is 43.7 Å². The highest BCUT2D eigenvalue weighted by Gasteiger charge is 2.07. The van der Waals surface area contributed by atoms with Crippen molar-refractivity contribution in [2.45, 2.75) is 26.5 Å². The molecule has 1 aromatic carbocycles. The lowest BCUT2D eigenvalue weighted by atomic mass is 10.2. The van der Waals surface area contributed by atoms with Crippen LogP contribution in [0.2, 0.25) is 0 Å². The summed E-state index contributed by atoms with van der Waals surface area (Å²) in [4.78, 5) is 11.0. The summed E-state index contributed by atoms with van der Waals surface area (Å²) in [6.07, 6.45) is 1.78. The van der Waals surface area contributed by atoms with E-state index < -0.39 is 0 Å². The number of hydrogen-bond acceptors (Lipinski definition) is 5. The third-order valence-electron chi connectivity index (χ3n) is 3.97.